The van der Waals surface area contributed by atoms with Crippen LogP contribution in [-0.4, -0.2) is 54.9 Å². The normalized spacial score (nSPS) is 15.6. The highest BCUT2D eigenvalue weighted by Crippen LogP contribution is 2.24. The second kappa shape index (κ2) is 10.1. The SMILES string of the molecule is COCCn1c(=NC(=O)c2ccc(S(=O)(=O)N3CCCCC3)cc2)sc2ccc([N+](=O)[O-])cc21. The lowest BCUT2D eigenvalue weighted by Crippen LogP contribution is -2.35. The predicted molar refractivity (Wildman–Crippen MR) is 127 cm³/mol. The molecule has 180 valence electrons. The van der Waals surface area contributed by atoms with E-state index in [2.05, 4.69) is 4.99 Å². The molecule has 1 aromatic heterocycles. The third kappa shape index (κ3) is 4.94. The zero-order valence-electron chi connectivity index (χ0n) is 18.5. The van der Waals surface area contributed by atoms with Crippen molar-refractivity contribution >= 4 is 43.2 Å². The number of carbonyl (C=O) groups is 1. The number of thiazole rings is 1. The van der Waals surface area contributed by atoms with E-state index in [0.29, 0.717) is 36.6 Å². The number of ether oxygens (including phenoxy) is 1. The molecule has 2 aromatic carbocycles. The van der Waals surface area contributed by atoms with Gasteiger partial charge >= 0.3 is 0 Å². The van der Waals surface area contributed by atoms with Crippen LogP contribution in [0.1, 0.15) is 29.6 Å². The summed E-state index contributed by atoms with van der Waals surface area (Å²) in [6.07, 6.45) is 2.71. The quantitative estimate of drug-likeness (QED) is 0.360. The molecule has 10 nitrogen and oxygen atoms in total. The van der Waals surface area contributed by atoms with Crippen LogP contribution in [-0.2, 0) is 21.3 Å². The Morgan fingerprint density at radius 1 is 1.15 bits per heavy atom. The molecule has 0 radical (unpaired) electrons. The van der Waals surface area contributed by atoms with Crippen LogP contribution >= 0.6 is 11.3 Å². The minimum absolute atomic E-state index is 0.0557. The lowest BCUT2D eigenvalue weighted by Gasteiger charge is -2.25. The van der Waals surface area contributed by atoms with E-state index < -0.39 is 20.9 Å². The fraction of sp³-hybridized carbons (Fsp3) is 0.364. The van der Waals surface area contributed by atoms with Gasteiger partial charge in [0.2, 0.25) is 10.0 Å². The number of nitro groups is 1. The molecular formula is C22H24N4O6S2. The first-order valence-electron chi connectivity index (χ1n) is 10.8. The van der Waals surface area contributed by atoms with Gasteiger partial charge in [0, 0.05) is 44.4 Å². The molecule has 0 aliphatic carbocycles. The molecule has 1 aliphatic rings. The van der Waals surface area contributed by atoms with E-state index >= 15 is 0 Å². The van der Waals surface area contributed by atoms with Crippen molar-refractivity contribution in [3.8, 4) is 0 Å². The third-order valence-electron chi connectivity index (χ3n) is 5.65. The molecule has 34 heavy (non-hydrogen) atoms. The number of hydrogen-bond donors (Lipinski definition) is 0. The zero-order valence-corrected chi connectivity index (χ0v) is 20.2. The Bertz CT molecular complexity index is 1390. The molecular weight excluding hydrogens is 480 g/mol. The molecule has 3 aromatic rings. The van der Waals surface area contributed by atoms with Crippen molar-refractivity contribution in [1.29, 1.82) is 0 Å². The highest BCUT2D eigenvalue weighted by atomic mass is 32.2. The number of rotatable bonds is 7. The van der Waals surface area contributed by atoms with Crippen LogP contribution in [0.3, 0.4) is 0 Å². The van der Waals surface area contributed by atoms with E-state index in [1.54, 1.807) is 17.7 Å². The second-order valence-electron chi connectivity index (χ2n) is 7.84. The summed E-state index contributed by atoms with van der Waals surface area (Å²) in [4.78, 5) is 28.4. The maximum atomic E-state index is 12.9. The molecule has 1 aliphatic heterocycles. The monoisotopic (exact) mass is 504 g/mol. The number of nitro benzene ring substituents is 1. The number of non-ortho nitro benzene ring substituents is 1. The van der Waals surface area contributed by atoms with Gasteiger partial charge < -0.3 is 9.30 Å². The lowest BCUT2D eigenvalue weighted by atomic mass is 10.2. The van der Waals surface area contributed by atoms with Gasteiger partial charge in [0.25, 0.3) is 11.6 Å². The van der Waals surface area contributed by atoms with Gasteiger partial charge in [0.15, 0.2) is 4.80 Å². The number of fused-ring (bicyclic) bond motifs is 1. The van der Waals surface area contributed by atoms with Crippen LogP contribution in [0.15, 0.2) is 52.4 Å². The summed E-state index contributed by atoms with van der Waals surface area (Å²) in [5, 5.41) is 11.2. The van der Waals surface area contributed by atoms with E-state index in [9.17, 15) is 23.3 Å². The van der Waals surface area contributed by atoms with Crippen molar-refractivity contribution < 1.29 is 22.9 Å². The molecule has 1 fully saturated rings. The summed E-state index contributed by atoms with van der Waals surface area (Å²) >= 11 is 1.24. The van der Waals surface area contributed by atoms with Gasteiger partial charge in [-0.15, -0.1) is 0 Å². The summed E-state index contributed by atoms with van der Waals surface area (Å²) in [5.74, 6) is -0.533. The smallest absolute Gasteiger partial charge is 0.279 e. The van der Waals surface area contributed by atoms with Crippen LogP contribution in [0.25, 0.3) is 10.2 Å². The molecule has 0 unspecified atom stereocenters. The largest absolute Gasteiger partial charge is 0.383 e. The summed E-state index contributed by atoms with van der Waals surface area (Å²) in [6.45, 7) is 1.70. The van der Waals surface area contributed by atoms with Crippen molar-refractivity contribution in [2.24, 2.45) is 4.99 Å². The van der Waals surface area contributed by atoms with Gasteiger partial charge in [-0.1, -0.05) is 17.8 Å². The minimum atomic E-state index is -3.59. The van der Waals surface area contributed by atoms with Crippen LogP contribution < -0.4 is 4.80 Å². The molecule has 2 heterocycles. The maximum Gasteiger partial charge on any atom is 0.279 e. The molecule has 0 saturated carbocycles. The Kier molecular flexibility index (Phi) is 7.22. The van der Waals surface area contributed by atoms with E-state index in [1.165, 1.54) is 52.0 Å². The molecule has 12 heteroatoms. The Labute approximate surface area is 200 Å². The van der Waals surface area contributed by atoms with Gasteiger partial charge in [-0.3, -0.25) is 14.9 Å². The number of aromatic nitrogens is 1. The van der Waals surface area contributed by atoms with Gasteiger partial charge in [-0.2, -0.15) is 9.30 Å². The fourth-order valence-corrected chi connectivity index (χ4v) is 6.38. The molecule has 1 saturated heterocycles. The highest BCUT2D eigenvalue weighted by molar-refractivity contribution is 7.89. The number of sulfonamides is 1. The van der Waals surface area contributed by atoms with E-state index in [1.807, 2.05) is 0 Å². The Hall–Kier alpha value is -2.93. The molecule has 0 bridgehead atoms. The third-order valence-corrected chi connectivity index (χ3v) is 8.62. The number of nitrogens with zero attached hydrogens (tertiary/aromatic N) is 4. The van der Waals surface area contributed by atoms with Gasteiger partial charge in [0.05, 0.1) is 26.6 Å². The standard InChI is InChI=1S/C22H24N4O6S2/c1-32-14-13-25-19-15-17(26(28)29)7-10-20(19)33-22(25)23-21(27)16-5-8-18(9-6-16)34(30,31)24-11-3-2-4-12-24/h5-10,15H,2-4,11-14H2,1H3. The molecule has 0 N–H and O–H groups in total. The first-order valence-corrected chi connectivity index (χ1v) is 13.0. The van der Waals surface area contributed by atoms with Gasteiger partial charge in [0.1, 0.15) is 0 Å². The molecule has 0 atom stereocenters. The number of hydrogen-bond acceptors (Lipinski definition) is 7. The molecule has 1 amide bonds. The van der Waals surface area contributed by atoms with Crippen LogP contribution in [0, 0.1) is 10.1 Å². The van der Waals surface area contributed by atoms with Gasteiger partial charge in [-0.05, 0) is 43.2 Å². The average Bonchev–Trinajstić information content (AvgIpc) is 3.19. The highest BCUT2D eigenvalue weighted by Gasteiger charge is 2.26. The van der Waals surface area contributed by atoms with Crippen molar-refractivity contribution in [3.05, 3.63) is 62.9 Å². The van der Waals surface area contributed by atoms with Crippen LogP contribution in [0.2, 0.25) is 0 Å². The lowest BCUT2D eigenvalue weighted by molar-refractivity contribution is -0.384. The Morgan fingerprint density at radius 3 is 2.50 bits per heavy atom. The van der Waals surface area contributed by atoms with Crippen LogP contribution in [0.5, 0.6) is 0 Å². The molecule has 4 rings (SSSR count). The predicted octanol–water partition coefficient (Wildman–Crippen LogP) is 3.17. The van der Waals surface area contributed by atoms with Gasteiger partial charge in [-0.25, -0.2) is 8.42 Å². The number of benzene rings is 2. The van der Waals surface area contributed by atoms with Crippen molar-refractivity contribution in [2.75, 3.05) is 26.8 Å². The zero-order chi connectivity index (χ0) is 24.3. The number of methoxy groups -OCH3 is 1. The van der Waals surface area contributed by atoms with Crippen molar-refractivity contribution in [3.63, 3.8) is 0 Å². The average molecular weight is 505 g/mol. The summed E-state index contributed by atoms with van der Waals surface area (Å²) in [5.41, 5.74) is 0.782. The molecule has 0 spiro atoms. The maximum absolute atomic E-state index is 12.9. The van der Waals surface area contributed by atoms with E-state index in [4.69, 9.17) is 4.74 Å². The number of piperidine rings is 1. The first kappa shape index (κ1) is 24.2. The minimum Gasteiger partial charge on any atom is -0.383 e. The van der Waals surface area contributed by atoms with E-state index in [-0.39, 0.29) is 16.1 Å². The van der Waals surface area contributed by atoms with Crippen molar-refractivity contribution in [1.82, 2.24) is 8.87 Å². The summed E-state index contributed by atoms with van der Waals surface area (Å²) in [6, 6.07) is 10.3. The summed E-state index contributed by atoms with van der Waals surface area (Å²) < 4.78 is 34.8. The summed E-state index contributed by atoms with van der Waals surface area (Å²) in [7, 11) is -2.05. The number of carbonyl (C=O) groups excluding carboxylic acids is 1. The fourth-order valence-electron chi connectivity index (χ4n) is 3.83. The van der Waals surface area contributed by atoms with Crippen LogP contribution in [0.4, 0.5) is 5.69 Å². The van der Waals surface area contributed by atoms with Crippen molar-refractivity contribution in [2.45, 2.75) is 30.7 Å². The topological polar surface area (TPSA) is 124 Å². The number of amides is 1. The Balaban J connectivity index is 1.66. The van der Waals surface area contributed by atoms with E-state index in [0.717, 1.165) is 24.0 Å². The first-order chi connectivity index (χ1) is 16.3. The Morgan fingerprint density at radius 2 is 1.85 bits per heavy atom. The second-order valence-corrected chi connectivity index (χ2v) is 10.8.